The molecule has 3 aromatic rings. The van der Waals surface area contributed by atoms with E-state index in [1.54, 1.807) is 18.2 Å². The lowest BCUT2D eigenvalue weighted by Crippen LogP contribution is -2.40. The highest BCUT2D eigenvalue weighted by Gasteiger charge is 2.42. The lowest BCUT2D eigenvalue weighted by molar-refractivity contribution is -0.0855. The number of hydrogen-bond donors (Lipinski definition) is 1. The summed E-state index contributed by atoms with van der Waals surface area (Å²) in [5.74, 6) is -1.11. The maximum atomic E-state index is 15.7. The summed E-state index contributed by atoms with van der Waals surface area (Å²) in [7, 11) is -0.824. The molecule has 2 aromatic heterocycles. The first-order chi connectivity index (χ1) is 20.8. The van der Waals surface area contributed by atoms with Crippen LogP contribution in [0.1, 0.15) is 86.2 Å². The Kier molecular flexibility index (Phi) is 9.24. The molecule has 4 aliphatic heterocycles. The first-order valence-electron chi connectivity index (χ1n) is 16.0. The number of pyridine rings is 1. The Morgan fingerprint density at radius 2 is 1.65 bits per heavy atom. The maximum Gasteiger partial charge on any atom is 0.276 e. The van der Waals surface area contributed by atoms with Gasteiger partial charge in [0.05, 0.1) is 5.39 Å². The number of piperidine rings is 1. The molecule has 43 heavy (non-hydrogen) atoms. The summed E-state index contributed by atoms with van der Waals surface area (Å²) in [6.07, 6.45) is 7.59. The second-order valence-corrected chi connectivity index (χ2v) is 14.3. The van der Waals surface area contributed by atoms with Crippen LogP contribution in [-0.2, 0) is 29.8 Å². The molecule has 7 rings (SSSR count). The van der Waals surface area contributed by atoms with Gasteiger partial charge in [-0.3, -0.25) is 13.6 Å². The fourth-order valence-electron chi connectivity index (χ4n) is 7.08. The number of fused-ring (bicyclic) bond motifs is 9. The van der Waals surface area contributed by atoms with E-state index in [-0.39, 0.29) is 17.0 Å². The average Bonchev–Trinajstić information content (AvgIpc) is 3.00. The van der Waals surface area contributed by atoms with Crippen molar-refractivity contribution in [3.05, 3.63) is 63.2 Å². The molecule has 10 heteroatoms. The number of halogens is 2. The second kappa shape index (κ2) is 13.1. The van der Waals surface area contributed by atoms with Crippen LogP contribution in [0.2, 0.25) is 0 Å². The van der Waals surface area contributed by atoms with Gasteiger partial charge in [-0.1, -0.05) is 37.5 Å². The van der Waals surface area contributed by atoms with Gasteiger partial charge in [0.15, 0.2) is 0 Å². The summed E-state index contributed by atoms with van der Waals surface area (Å²) in [6, 6.07) is 8.70. The molecule has 0 aliphatic carbocycles. The first-order valence-corrected chi connectivity index (χ1v) is 17.5. The van der Waals surface area contributed by atoms with Crippen LogP contribution in [0.5, 0.6) is 0 Å². The van der Waals surface area contributed by atoms with Crippen molar-refractivity contribution in [1.29, 1.82) is 0 Å². The molecule has 7 nitrogen and oxygen atoms in total. The van der Waals surface area contributed by atoms with E-state index in [0.717, 1.165) is 81.1 Å². The normalized spacial score (nSPS) is 27.0. The van der Waals surface area contributed by atoms with Crippen molar-refractivity contribution >= 4 is 27.7 Å². The van der Waals surface area contributed by atoms with Gasteiger partial charge in [-0.15, -0.1) is 0 Å². The van der Waals surface area contributed by atoms with Crippen molar-refractivity contribution in [2.45, 2.75) is 89.6 Å². The van der Waals surface area contributed by atoms with E-state index in [1.807, 2.05) is 23.6 Å². The Bertz CT molecular complexity index is 1530. The lowest BCUT2D eigenvalue weighted by Gasteiger charge is -2.36. The molecule has 0 unspecified atom stereocenters. The summed E-state index contributed by atoms with van der Waals surface area (Å²) in [5.41, 5.74) is 2.17. The predicted molar refractivity (Wildman–Crippen MR) is 168 cm³/mol. The number of aryl methyl sites for hydroxylation is 2. The Morgan fingerprint density at radius 1 is 0.930 bits per heavy atom. The summed E-state index contributed by atoms with van der Waals surface area (Å²) >= 11 is 0. The van der Waals surface area contributed by atoms with E-state index >= 15 is 8.78 Å². The van der Waals surface area contributed by atoms with E-state index < -0.39 is 22.6 Å². The number of nitrogens with zero attached hydrogens (tertiary/aromatic N) is 4. The van der Waals surface area contributed by atoms with Gasteiger partial charge in [0.25, 0.3) is 11.5 Å². The van der Waals surface area contributed by atoms with Crippen molar-refractivity contribution in [2.75, 3.05) is 36.5 Å². The quantitative estimate of drug-likeness (QED) is 0.358. The third-order valence-electron chi connectivity index (χ3n) is 9.64. The third kappa shape index (κ3) is 6.70. The van der Waals surface area contributed by atoms with Gasteiger partial charge in [0.1, 0.15) is 17.3 Å². The summed E-state index contributed by atoms with van der Waals surface area (Å²) in [4.78, 5) is 25.7. The number of hydrogen-bond acceptors (Lipinski definition) is 6. The minimum Gasteiger partial charge on any atom is -0.365 e. The van der Waals surface area contributed by atoms with Crippen LogP contribution >= 0.6 is 0 Å². The Balaban J connectivity index is 1.38. The predicted octanol–water partition coefficient (Wildman–Crippen LogP) is 6.11. The minimum atomic E-state index is -2.88. The number of aromatic nitrogens is 3. The highest BCUT2D eigenvalue weighted by atomic mass is 32.2. The van der Waals surface area contributed by atoms with Crippen molar-refractivity contribution in [3.8, 4) is 0 Å². The standard InChI is InChI=1S/C33H43F2N5O2S/c1-23-37-30-29-21-28(25-12-18-43(42)19-13-25)32(41)40(31(29)38-23)15-6-4-2-3-5-14-39-16-10-26(11-17-39)33(34,35)27-9-7-8-24(20-27)22-36-30/h7-9,20-21,25-26H,2-6,10-19,22H2,1H3,(H,36,37,38). The van der Waals surface area contributed by atoms with E-state index in [1.165, 1.54) is 0 Å². The van der Waals surface area contributed by atoms with Gasteiger partial charge in [0, 0.05) is 52.4 Å². The third-order valence-corrected chi connectivity index (χ3v) is 11.0. The molecule has 0 radical (unpaired) electrons. The number of alkyl halides is 2. The SMILES string of the molecule is Cc1nc2c3cc(C4CCS(=O)CC4)c(=O)n(c3n1)CCCCCCCN1CCC(CC1)C(F)(F)c1cccc(c1)CN2. The van der Waals surface area contributed by atoms with Crippen LogP contribution in [0.25, 0.3) is 11.0 Å². The van der Waals surface area contributed by atoms with Gasteiger partial charge in [-0.05, 0) is 88.7 Å². The van der Waals surface area contributed by atoms with Crippen molar-refractivity contribution < 1.29 is 13.0 Å². The Morgan fingerprint density at radius 3 is 2.42 bits per heavy atom. The lowest BCUT2D eigenvalue weighted by atomic mass is 9.86. The van der Waals surface area contributed by atoms with E-state index in [9.17, 15) is 9.00 Å². The van der Waals surface area contributed by atoms with Crippen LogP contribution in [0, 0.1) is 12.8 Å². The molecular formula is C33H43F2N5O2S. The molecule has 0 saturated carbocycles. The monoisotopic (exact) mass is 611 g/mol. The van der Waals surface area contributed by atoms with Crippen LogP contribution in [0.3, 0.4) is 0 Å². The van der Waals surface area contributed by atoms with E-state index in [0.29, 0.717) is 54.7 Å². The first kappa shape index (κ1) is 30.3. The molecule has 6 heterocycles. The zero-order valence-electron chi connectivity index (χ0n) is 25.1. The molecule has 0 amide bonds. The molecule has 2 saturated heterocycles. The van der Waals surface area contributed by atoms with Crippen LogP contribution < -0.4 is 10.9 Å². The molecule has 2 fully saturated rings. The number of benzene rings is 1. The molecule has 4 aliphatic rings. The van der Waals surface area contributed by atoms with Gasteiger partial charge >= 0.3 is 0 Å². The van der Waals surface area contributed by atoms with E-state index in [4.69, 9.17) is 9.97 Å². The average molecular weight is 612 g/mol. The fraction of sp³-hybridized carbons (Fsp3) is 0.606. The van der Waals surface area contributed by atoms with E-state index in [2.05, 4.69) is 10.2 Å². The molecule has 8 bridgehead atoms. The van der Waals surface area contributed by atoms with Crippen molar-refractivity contribution in [3.63, 3.8) is 0 Å². The zero-order chi connectivity index (χ0) is 30.0. The molecule has 1 N–H and O–H groups in total. The Labute approximate surface area is 254 Å². The number of rotatable bonds is 1. The van der Waals surface area contributed by atoms with Gasteiger partial charge in [0.2, 0.25) is 0 Å². The molecule has 0 atom stereocenters. The van der Waals surface area contributed by atoms with Crippen molar-refractivity contribution in [2.24, 2.45) is 5.92 Å². The summed E-state index contributed by atoms with van der Waals surface area (Å²) in [5, 5.41) is 4.18. The summed E-state index contributed by atoms with van der Waals surface area (Å²) in [6.45, 7) is 5.13. The molecule has 1 aromatic carbocycles. The topological polar surface area (TPSA) is 80.1 Å². The smallest absolute Gasteiger partial charge is 0.276 e. The molecule has 232 valence electrons. The van der Waals surface area contributed by atoms with Gasteiger partial charge in [-0.2, -0.15) is 0 Å². The molecule has 0 spiro atoms. The number of nitrogens with one attached hydrogen (secondary N) is 1. The highest BCUT2D eigenvalue weighted by Crippen LogP contribution is 2.42. The van der Waals surface area contributed by atoms with Gasteiger partial charge < -0.3 is 10.2 Å². The van der Waals surface area contributed by atoms with Gasteiger partial charge in [-0.25, -0.2) is 18.7 Å². The van der Waals surface area contributed by atoms with Crippen LogP contribution in [0.4, 0.5) is 14.6 Å². The second-order valence-electron chi connectivity index (χ2n) is 12.6. The zero-order valence-corrected chi connectivity index (χ0v) is 25.9. The largest absolute Gasteiger partial charge is 0.365 e. The Hall–Kier alpha value is -2.72. The molecular weight excluding hydrogens is 568 g/mol. The van der Waals surface area contributed by atoms with Crippen LogP contribution in [-0.4, -0.2) is 54.8 Å². The highest BCUT2D eigenvalue weighted by molar-refractivity contribution is 7.85. The number of anilines is 1. The van der Waals surface area contributed by atoms with Crippen molar-refractivity contribution in [1.82, 2.24) is 19.4 Å². The van der Waals surface area contributed by atoms with Crippen LogP contribution in [0.15, 0.2) is 35.1 Å². The summed E-state index contributed by atoms with van der Waals surface area (Å²) < 4.78 is 45.4. The minimum absolute atomic E-state index is 0.00820. The maximum absolute atomic E-state index is 15.7. The fourth-order valence-corrected chi connectivity index (χ4v) is 8.38.